The average molecular weight is 319 g/mol. The Kier molecular flexibility index (Phi) is 3.90. The van der Waals surface area contributed by atoms with E-state index in [1.807, 2.05) is 18.2 Å². The summed E-state index contributed by atoms with van der Waals surface area (Å²) in [6.07, 6.45) is 2.93. The van der Waals surface area contributed by atoms with E-state index in [0.29, 0.717) is 5.92 Å². The normalized spacial score (nSPS) is 18.3. The summed E-state index contributed by atoms with van der Waals surface area (Å²) >= 11 is 0. The van der Waals surface area contributed by atoms with E-state index in [0.717, 1.165) is 37.4 Å². The van der Waals surface area contributed by atoms with Gasteiger partial charge in [0.15, 0.2) is 0 Å². The fraction of sp³-hybridized carbons (Fsp3) is 0.300. The molecule has 1 saturated heterocycles. The molecule has 4 rings (SSSR count). The van der Waals surface area contributed by atoms with Gasteiger partial charge in [-0.15, -0.1) is 0 Å². The van der Waals surface area contributed by atoms with Gasteiger partial charge in [-0.1, -0.05) is 30.3 Å². The second kappa shape index (κ2) is 6.21. The van der Waals surface area contributed by atoms with Gasteiger partial charge in [0.1, 0.15) is 5.65 Å². The average Bonchev–Trinajstić information content (AvgIpc) is 3.03. The first-order valence-electron chi connectivity index (χ1n) is 8.46. The second-order valence-electron chi connectivity index (χ2n) is 6.59. The fourth-order valence-electron chi connectivity index (χ4n) is 3.69. The summed E-state index contributed by atoms with van der Waals surface area (Å²) in [4.78, 5) is 19.2. The van der Waals surface area contributed by atoms with Crippen LogP contribution in [0.25, 0.3) is 5.65 Å². The third-order valence-electron chi connectivity index (χ3n) is 4.91. The highest BCUT2D eigenvalue weighted by Crippen LogP contribution is 2.29. The smallest absolute Gasteiger partial charge is 0.258 e. The highest BCUT2D eigenvalue weighted by atomic mass is 16.1. The highest BCUT2D eigenvalue weighted by Gasteiger charge is 2.25. The minimum atomic E-state index is -0.00903. The number of rotatable bonds is 3. The Balaban J connectivity index is 1.53. The number of benzene rings is 1. The van der Waals surface area contributed by atoms with Crippen molar-refractivity contribution in [1.82, 2.24) is 14.3 Å². The van der Waals surface area contributed by atoms with Crippen LogP contribution in [0.1, 0.15) is 29.2 Å². The second-order valence-corrected chi connectivity index (χ2v) is 6.59. The lowest BCUT2D eigenvalue weighted by Crippen LogP contribution is -2.23. The topological polar surface area (TPSA) is 37.6 Å². The lowest BCUT2D eigenvalue weighted by molar-refractivity contribution is 0.322. The molecule has 1 aliphatic rings. The highest BCUT2D eigenvalue weighted by molar-refractivity contribution is 5.38. The van der Waals surface area contributed by atoms with Crippen LogP contribution in [-0.4, -0.2) is 27.4 Å². The van der Waals surface area contributed by atoms with Gasteiger partial charge in [0, 0.05) is 25.4 Å². The number of pyridine rings is 1. The van der Waals surface area contributed by atoms with Gasteiger partial charge >= 0.3 is 0 Å². The molecule has 3 heterocycles. The minimum Gasteiger partial charge on any atom is -0.297 e. The predicted octanol–water partition coefficient (Wildman–Crippen LogP) is 2.99. The van der Waals surface area contributed by atoms with Gasteiger partial charge in [-0.2, -0.15) is 0 Å². The lowest BCUT2D eigenvalue weighted by Gasteiger charge is -2.17. The van der Waals surface area contributed by atoms with Crippen molar-refractivity contribution in [3.05, 3.63) is 81.9 Å². The zero-order chi connectivity index (χ0) is 16.5. The first-order valence-corrected chi connectivity index (χ1v) is 8.46. The van der Waals surface area contributed by atoms with E-state index >= 15 is 0 Å². The van der Waals surface area contributed by atoms with E-state index in [-0.39, 0.29) is 5.56 Å². The number of hydrogen-bond acceptors (Lipinski definition) is 3. The molecular formula is C20H21N3O. The van der Waals surface area contributed by atoms with Gasteiger partial charge in [-0.3, -0.25) is 14.1 Å². The molecular weight excluding hydrogens is 298 g/mol. The summed E-state index contributed by atoms with van der Waals surface area (Å²) in [6, 6.07) is 15.9. The molecule has 0 amide bonds. The van der Waals surface area contributed by atoms with Crippen LogP contribution in [0.15, 0.2) is 59.5 Å². The molecule has 0 radical (unpaired) electrons. The van der Waals surface area contributed by atoms with Gasteiger partial charge in [-0.05, 0) is 49.1 Å². The van der Waals surface area contributed by atoms with Crippen molar-refractivity contribution in [2.24, 2.45) is 0 Å². The van der Waals surface area contributed by atoms with Crippen LogP contribution in [0.2, 0.25) is 0 Å². The molecule has 1 atom stereocenters. The molecule has 4 nitrogen and oxygen atoms in total. The molecule has 0 spiro atoms. The molecule has 0 bridgehead atoms. The van der Waals surface area contributed by atoms with Crippen molar-refractivity contribution in [1.29, 1.82) is 0 Å². The Bertz CT molecular complexity index is 931. The monoisotopic (exact) mass is 319 g/mol. The zero-order valence-corrected chi connectivity index (χ0v) is 13.9. The van der Waals surface area contributed by atoms with Crippen LogP contribution < -0.4 is 5.56 Å². The Morgan fingerprint density at radius 1 is 1.17 bits per heavy atom. The molecule has 0 aliphatic carbocycles. The summed E-state index contributed by atoms with van der Waals surface area (Å²) in [6.45, 7) is 5.00. The van der Waals surface area contributed by atoms with Crippen LogP contribution >= 0.6 is 0 Å². The number of aromatic nitrogens is 2. The van der Waals surface area contributed by atoms with Crippen molar-refractivity contribution in [3.8, 4) is 0 Å². The molecule has 24 heavy (non-hydrogen) atoms. The molecule has 3 aromatic rings. The van der Waals surface area contributed by atoms with Gasteiger partial charge in [0.2, 0.25) is 0 Å². The molecule has 1 aliphatic heterocycles. The molecule has 0 unspecified atom stereocenters. The van der Waals surface area contributed by atoms with E-state index in [2.05, 4.69) is 41.1 Å². The Hall–Kier alpha value is -2.46. The number of likely N-dealkylation sites (tertiary alicyclic amines) is 1. The summed E-state index contributed by atoms with van der Waals surface area (Å²) in [5.41, 5.74) is 4.38. The van der Waals surface area contributed by atoms with Gasteiger partial charge in [0.05, 0.1) is 5.69 Å². The van der Waals surface area contributed by atoms with Gasteiger partial charge in [-0.25, -0.2) is 4.98 Å². The van der Waals surface area contributed by atoms with E-state index < -0.39 is 0 Å². The summed E-state index contributed by atoms with van der Waals surface area (Å²) in [5, 5.41) is 0. The molecule has 0 N–H and O–H groups in total. The van der Waals surface area contributed by atoms with Crippen molar-refractivity contribution in [2.45, 2.75) is 25.8 Å². The predicted molar refractivity (Wildman–Crippen MR) is 95.3 cm³/mol. The summed E-state index contributed by atoms with van der Waals surface area (Å²) in [7, 11) is 0. The van der Waals surface area contributed by atoms with Gasteiger partial charge < -0.3 is 0 Å². The van der Waals surface area contributed by atoms with Crippen LogP contribution in [0.5, 0.6) is 0 Å². The van der Waals surface area contributed by atoms with Gasteiger partial charge in [0.25, 0.3) is 5.56 Å². The fourth-order valence-corrected chi connectivity index (χ4v) is 3.69. The third kappa shape index (κ3) is 2.85. The van der Waals surface area contributed by atoms with Crippen molar-refractivity contribution < 1.29 is 0 Å². The third-order valence-corrected chi connectivity index (χ3v) is 4.91. The number of fused-ring (bicyclic) bond motifs is 1. The van der Waals surface area contributed by atoms with Crippen molar-refractivity contribution in [3.63, 3.8) is 0 Å². The lowest BCUT2D eigenvalue weighted by atomic mass is 9.94. The molecule has 0 saturated carbocycles. The molecule has 1 aromatic carbocycles. The SMILES string of the molecule is Cc1ccccc1[C@H]1CCN(Cc2cc(=O)n3ccccc3n2)C1. The first kappa shape index (κ1) is 15.1. The maximum Gasteiger partial charge on any atom is 0.258 e. The number of hydrogen-bond donors (Lipinski definition) is 0. The zero-order valence-electron chi connectivity index (χ0n) is 13.9. The van der Waals surface area contributed by atoms with E-state index in [1.54, 1.807) is 16.7 Å². The molecule has 122 valence electrons. The quantitative estimate of drug-likeness (QED) is 0.745. The first-order chi connectivity index (χ1) is 11.7. The Labute approximate surface area is 141 Å². The van der Waals surface area contributed by atoms with Crippen LogP contribution in [0.4, 0.5) is 0 Å². The number of nitrogens with zero attached hydrogens (tertiary/aromatic N) is 3. The largest absolute Gasteiger partial charge is 0.297 e. The Morgan fingerprint density at radius 2 is 2.00 bits per heavy atom. The Morgan fingerprint density at radius 3 is 2.88 bits per heavy atom. The maximum atomic E-state index is 12.2. The molecule has 4 heteroatoms. The van der Waals surface area contributed by atoms with Crippen LogP contribution in [0.3, 0.4) is 0 Å². The van der Waals surface area contributed by atoms with Crippen molar-refractivity contribution in [2.75, 3.05) is 13.1 Å². The van der Waals surface area contributed by atoms with Crippen LogP contribution in [-0.2, 0) is 6.54 Å². The maximum absolute atomic E-state index is 12.2. The van der Waals surface area contributed by atoms with Crippen LogP contribution in [0, 0.1) is 6.92 Å². The van der Waals surface area contributed by atoms with Crippen molar-refractivity contribution >= 4 is 5.65 Å². The van der Waals surface area contributed by atoms with E-state index in [1.165, 1.54) is 11.1 Å². The van der Waals surface area contributed by atoms with E-state index in [9.17, 15) is 4.79 Å². The summed E-state index contributed by atoms with van der Waals surface area (Å²) < 4.78 is 1.59. The molecule has 1 fully saturated rings. The standard InChI is InChI=1S/C20H21N3O/c1-15-6-2-3-7-18(15)16-9-11-22(13-16)14-17-12-20(24)23-10-5-4-8-19(23)21-17/h2-8,10,12,16H,9,11,13-14H2,1H3/t16-/m0/s1. The molecule has 2 aromatic heterocycles. The minimum absolute atomic E-state index is 0.00903. The van der Waals surface area contributed by atoms with E-state index in [4.69, 9.17) is 0 Å². The number of aryl methyl sites for hydroxylation is 1. The summed E-state index contributed by atoms with van der Waals surface area (Å²) in [5.74, 6) is 0.577.